The van der Waals surface area contributed by atoms with Crippen molar-refractivity contribution in [2.45, 2.75) is 25.4 Å². The smallest absolute Gasteiger partial charge is 0.137 e. The Hall–Kier alpha value is -1.19. The first-order chi connectivity index (χ1) is 9.18. The topological polar surface area (TPSA) is 20.2 Å². The number of aliphatic hydroxyl groups excluding tert-OH is 1. The van der Waals surface area contributed by atoms with Crippen LogP contribution in [-0.4, -0.2) is 5.11 Å². The SMILES string of the molecule is OC(CCCc1ccccc1)c1cccc(F)c1Br. The average Bonchev–Trinajstić information content (AvgIpc) is 2.43. The van der Waals surface area contributed by atoms with Crippen LogP contribution in [0.5, 0.6) is 0 Å². The molecule has 0 aliphatic carbocycles. The summed E-state index contributed by atoms with van der Waals surface area (Å²) in [5.41, 5.74) is 1.88. The van der Waals surface area contributed by atoms with Gasteiger partial charge in [-0.05, 0) is 52.4 Å². The van der Waals surface area contributed by atoms with Crippen molar-refractivity contribution in [3.8, 4) is 0 Å². The van der Waals surface area contributed by atoms with Crippen LogP contribution in [0.1, 0.15) is 30.1 Å². The van der Waals surface area contributed by atoms with Crippen LogP contribution in [0, 0.1) is 5.82 Å². The van der Waals surface area contributed by atoms with Gasteiger partial charge in [0.15, 0.2) is 0 Å². The average molecular weight is 323 g/mol. The number of benzene rings is 2. The molecular formula is C16H16BrFO. The first kappa shape index (κ1) is 14.2. The minimum atomic E-state index is -0.631. The first-order valence-corrected chi connectivity index (χ1v) is 7.13. The lowest BCUT2D eigenvalue weighted by molar-refractivity contribution is 0.163. The second-order valence-electron chi connectivity index (χ2n) is 4.54. The minimum Gasteiger partial charge on any atom is -0.388 e. The van der Waals surface area contributed by atoms with E-state index in [1.54, 1.807) is 12.1 Å². The van der Waals surface area contributed by atoms with E-state index in [-0.39, 0.29) is 5.82 Å². The van der Waals surface area contributed by atoms with Crippen LogP contribution in [0.3, 0.4) is 0 Å². The fourth-order valence-electron chi connectivity index (χ4n) is 2.08. The maximum absolute atomic E-state index is 13.4. The van der Waals surface area contributed by atoms with E-state index in [0.29, 0.717) is 16.5 Å². The second kappa shape index (κ2) is 6.83. The molecule has 1 unspecified atom stereocenters. The van der Waals surface area contributed by atoms with Crippen molar-refractivity contribution in [3.63, 3.8) is 0 Å². The molecule has 0 amide bonds. The van der Waals surface area contributed by atoms with E-state index in [1.165, 1.54) is 11.6 Å². The van der Waals surface area contributed by atoms with Crippen molar-refractivity contribution in [1.82, 2.24) is 0 Å². The number of hydrogen-bond acceptors (Lipinski definition) is 1. The van der Waals surface area contributed by atoms with Gasteiger partial charge in [0.05, 0.1) is 10.6 Å². The van der Waals surface area contributed by atoms with E-state index in [9.17, 15) is 9.50 Å². The Morgan fingerprint density at radius 1 is 1.05 bits per heavy atom. The van der Waals surface area contributed by atoms with Crippen LogP contribution in [0.15, 0.2) is 53.0 Å². The molecule has 0 saturated heterocycles. The third-order valence-corrected chi connectivity index (χ3v) is 3.96. The molecule has 100 valence electrons. The molecule has 2 rings (SSSR count). The van der Waals surface area contributed by atoms with Gasteiger partial charge in [0, 0.05) is 0 Å². The van der Waals surface area contributed by atoms with E-state index in [2.05, 4.69) is 28.1 Å². The zero-order chi connectivity index (χ0) is 13.7. The molecule has 2 aromatic carbocycles. The number of hydrogen-bond donors (Lipinski definition) is 1. The van der Waals surface area contributed by atoms with Crippen molar-refractivity contribution < 1.29 is 9.50 Å². The molecule has 0 bridgehead atoms. The van der Waals surface area contributed by atoms with Gasteiger partial charge in [-0.2, -0.15) is 0 Å². The molecule has 1 nitrogen and oxygen atoms in total. The summed E-state index contributed by atoms with van der Waals surface area (Å²) in [6, 6.07) is 14.9. The van der Waals surface area contributed by atoms with E-state index in [1.807, 2.05) is 18.2 Å². The van der Waals surface area contributed by atoms with Crippen LogP contribution in [-0.2, 0) is 6.42 Å². The number of halogens is 2. The molecule has 0 radical (unpaired) electrons. The van der Waals surface area contributed by atoms with Crippen molar-refractivity contribution in [1.29, 1.82) is 0 Å². The van der Waals surface area contributed by atoms with Gasteiger partial charge in [-0.25, -0.2) is 4.39 Å². The maximum Gasteiger partial charge on any atom is 0.137 e. The van der Waals surface area contributed by atoms with Crippen LogP contribution in [0.4, 0.5) is 4.39 Å². The lowest BCUT2D eigenvalue weighted by Gasteiger charge is -2.13. The number of aliphatic hydroxyl groups is 1. The fraction of sp³-hybridized carbons (Fsp3) is 0.250. The Balaban J connectivity index is 1.91. The van der Waals surface area contributed by atoms with Gasteiger partial charge in [-0.3, -0.25) is 0 Å². The Morgan fingerprint density at radius 3 is 2.53 bits per heavy atom. The van der Waals surface area contributed by atoms with Crippen molar-refractivity contribution >= 4 is 15.9 Å². The Morgan fingerprint density at radius 2 is 1.79 bits per heavy atom. The highest BCUT2D eigenvalue weighted by molar-refractivity contribution is 9.10. The predicted octanol–water partition coefficient (Wildman–Crippen LogP) is 4.64. The highest BCUT2D eigenvalue weighted by atomic mass is 79.9. The molecule has 0 aromatic heterocycles. The van der Waals surface area contributed by atoms with Crippen molar-refractivity contribution in [2.24, 2.45) is 0 Å². The van der Waals surface area contributed by atoms with E-state index >= 15 is 0 Å². The van der Waals surface area contributed by atoms with Gasteiger partial charge < -0.3 is 5.11 Å². The van der Waals surface area contributed by atoms with Crippen LogP contribution in [0.25, 0.3) is 0 Å². The molecule has 0 heterocycles. The van der Waals surface area contributed by atoms with Crippen LogP contribution >= 0.6 is 15.9 Å². The van der Waals surface area contributed by atoms with Crippen molar-refractivity contribution in [3.05, 3.63) is 69.9 Å². The molecule has 0 fully saturated rings. The van der Waals surface area contributed by atoms with Crippen LogP contribution in [0.2, 0.25) is 0 Å². The summed E-state index contributed by atoms with van der Waals surface area (Å²) in [4.78, 5) is 0. The van der Waals surface area contributed by atoms with Gasteiger partial charge in [0.1, 0.15) is 5.82 Å². The summed E-state index contributed by atoms with van der Waals surface area (Å²) in [7, 11) is 0. The summed E-state index contributed by atoms with van der Waals surface area (Å²) in [6.45, 7) is 0. The van der Waals surface area contributed by atoms with Gasteiger partial charge in [-0.15, -0.1) is 0 Å². The normalized spacial score (nSPS) is 12.4. The second-order valence-corrected chi connectivity index (χ2v) is 5.33. The Kier molecular flexibility index (Phi) is 5.11. The standard InChI is InChI=1S/C16H16BrFO/c17-16-13(9-5-10-14(16)18)15(19)11-4-8-12-6-2-1-3-7-12/h1-3,5-7,9-10,15,19H,4,8,11H2. The zero-order valence-corrected chi connectivity index (χ0v) is 12.1. The predicted molar refractivity (Wildman–Crippen MR) is 78.4 cm³/mol. The molecule has 19 heavy (non-hydrogen) atoms. The van der Waals surface area contributed by atoms with Gasteiger partial charge in [0.25, 0.3) is 0 Å². The minimum absolute atomic E-state index is 0.334. The quantitative estimate of drug-likeness (QED) is 0.849. The summed E-state index contributed by atoms with van der Waals surface area (Å²) in [5, 5.41) is 10.1. The molecule has 1 atom stereocenters. The maximum atomic E-state index is 13.4. The summed E-state index contributed by atoms with van der Waals surface area (Å²) in [6.07, 6.45) is 1.78. The van der Waals surface area contributed by atoms with Gasteiger partial charge in [0.2, 0.25) is 0 Å². The Labute approximate surface area is 121 Å². The molecule has 3 heteroatoms. The van der Waals surface area contributed by atoms with Crippen molar-refractivity contribution in [2.75, 3.05) is 0 Å². The fourth-order valence-corrected chi connectivity index (χ4v) is 2.61. The first-order valence-electron chi connectivity index (χ1n) is 6.34. The Bertz CT molecular complexity index is 528. The van der Waals surface area contributed by atoms with E-state index < -0.39 is 6.10 Å². The molecule has 2 aromatic rings. The molecule has 0 saturated carbocycles. The zero-order valence-electron chi connectivity index (χ0n) is 10.5. The van der Waals surface area contributed by atoms with E-state index in [4.69, 9.17) is 0 Å². The third kappa shape index (κ3) is 3.88. The molecule has 0 spiro atoms. The van der Waals surface area contributed by atoms with Gasteiger partial charge >= 0.3 is 0 Å². The molecule has 0 aliphatic heterocycles. The van der Waals surface area contributed by atoms with Gasteiger partial charge in [-0.1, -0.05) is 42.5 Å². The summed E-state index contributed by atoms with van der Waals surface area (Å²) < 4.78 is 13.7. The molecular weight excluding hydrogens is 307 g/mol. The monoisotopic (exact) mass is 322 g/mol. The summed E-state index contributed by atoms with van der Waals surface area (Å²) in [5.74, 6) is -0.334. The molecule has 0 aliphatic rings. The highest BCUT2D eigenvalue weighted by Crippen LogP contribution is 2.28. The van der Waals surface area contributed by atoms with Crippen LogP contribution < -0.4 is 0 Å². The lowest BCUT2D eigenvalue weighted by Crippen LogP contribution is -2.00. The van der Waals surface area contributed by atoms with E-state index in [0.717, 1.165) is 12.8 Å². The third-order valence-electron chi connectivity index (χ3n) is 3.13. The molecule has 1 N–H and O–H groups in total. The lowest BCUT2D eigenvalue weighted by atomic mass is 10.0. The number of aryl methyl sites for hydroxylation is 1. The largest absolute Gasteiger partial charge is 0.388 e. The summed E-state index contributed by atoms with van der Waals surface area (Å²) >= 11 is 3.18. The number of rotatable bonds is 5. The highest BCUT2D eigenvalue weighted by Gasteiger charge is 2.13.